The Balaban J connectivity index is 1.54. The van der Waals surface area contributed by atoms with Gasteiger partial charge in [0.1, 0.15) is 23.7 Å². The van der Waals surface area contributed by atoms with Gasteiger partial charge in [0.25, 0.3) is 0 Å². The highest BCUT2D eigenvalue weighted by Crippen LogP contribution is 2.25. The van der Waals surface area contributed by atoms with Crippen LogP contribution in [0.1, 0.15) is 33.0 Å². The van der Waals surface area contributed by atoms with Gasteiger partial charge in [-0.05, 0) is 24.3 Å². The molecule has 2 aromatic heterocycles. The molecule has 150 valence electrons. The van der Waals surface area contributed by atoms with Crippen LogP contribution in [0, 0.1) is 0 Å². The summed E-state index contributed by atoms with van der Waals surface area (Å²) in [7, 11) is 0. The van der Waals surface area contributed by atoms with Crippen molar-refractivity contribution < 1.29 is 18.8 Å². The first-order valence-electron chi connectivity index (χ1n) is 9.04. The summed E-state index contributed by atoms with van der Waals surface area (Å²) in [6, 6.07) is 12.0. The van der Waals surface area contributed by atoms with E-state index >= 15 is 0 Å². The van der Waals surface area contributed by atoms with Crippen LogP contribution in [0.4, 0.5) is 11.5 Å². The molecule has 0 atom stereocenters. The third-order valence-electron chi connectivity index (χ3n) is 3.84. The summed E-state index contributed by atoms with van der Waals surface area (Å²) in [6.45, 7) is 5.91. The van der Waals surface area contributed by atoms with E-state index in [0.717, 1.165) is 0 Å². The lowest BCUT2D eigenvalue weighted by molar-refractivity contribution is -0.123. The molecule has 0 bridgehead atoms. The minimum Gasteiger partial charge on any atom is -0.457 e. The Labute approximate surface area is 168 Å². The number of aromatic nitrogens is 2. The molecule has 0 radical (unpaired) electrons. The molecular formula is C21H22N4O4. The number of pyridine rings is 1. The number of anilines is 2. The number of carbonyl (C=O) groups excluding carboxylic acids is 2. The van der Waals surface area contributed by atoms with Gasteiger partial charge in [0.15, 0.2) is 5.82 Å². The van der Waals surface area contributed by atoms with Gasteiger partial charge in [-0.2, -0.15) is 0 Å². The minimum absolute atomic E-state index is 0.225. The fourth-order valence-corrected chi connectivity index (χ4v) is 2.41. The van der Waals surface area contributed by atoms with E-state index in [1.54, 1.807) is 54.9 Å². The molecule has 29 heavy (non-hydrogen) atoms. The molecule has 1 aromatic carbocycles. The van der Waals surface area contributed by atoms with Gasteiger partial charge >= 0.3 is 0 Å². The molecule has 0 fully saturated rings. The Kier molecular flexibility index (Phi) is 5.92. The molecular weight excluding hydrogens is 372 g/mol. The molecule has 3 rings (SSSR count). The zero-order valence-corrected chi connectivity index (χ0v) is 16.4. The average molecular weight is 394 g/mol. The normalized spacial score (nSPS) is 11.0. The molecule has 0 spiro atoms. The second kappa shape index (κ2) is 8.55. The smallest absolute Gasteiger partial charge is 0.235 e. The maximum Gasteiger partial charge on any atom is 0.235 e. The summed E-state index contributed by atoms with van der Waals surface area (Å²) in [5, 5.41) is 9.04. The Morgan fingerprint density at radius 3 is 2.41 bits per heavy atom. The SMILES string of the molecule is CC(C)(C)c1cc(NC(=O)CC(=O)Nc2cccc(Oc3ccncc3)c2)no1. The van der Waals surface area contributed by atoms with Gasteiger partial charge in [-0.3, -0.25) is 14.6 Å². The first-order chi connectivity index (χ1) is 13.8. The first kappa shape index (κ1) is 20.1. The highest BCUT2D eigenvalue weighted by Gasteiger charge is 2.20. The van der Waals surface area contributed by atoms with Crippen LogP contribution in [0.5, 0.6) is 11.5 Å². The van der Waals surface area contributed by atoms with Gasteiger partial charge in [-0.25, -0.2) is 0 Å². The van der Waals surface area contributed by atoms with E-state index in [2.05, 4.69) is 20.8 Å². The molecule has 0 unspecified atom stereocenters. The summed E-state index contributed by atoms with van der Waals surface area (Å²) in [5.74, 6) is 1.16. The van der Waals surface area contributed by atoms with E-state index in [1.165, 1.54) is 0 Å². The summed E-state index contributed by atoms with van der Waals surface area (Å²) in [5.41, 5.74) is 0.294. The summed E-state index contributed by atoms with van der Waals surface area (Å²) in [4.78, 5) is 28.2. The highest BCUT2D eigenvalue weighted by molar-refractivity contribution is 6.07. The van der Waals surface area contributed by atoms with Gasteiger partial charge in [0.2, 0.25) is 11.8 Å². The monoisotopic (exact) mass is 394 g/mol. The van der Waals surface area contributed by atoms with Crippen LogP contribution >= 0.6 is 0 Å². The maximum absolute atomic E-state index is 12.2. The van der Waals surface area contributed by atoms with Crippen LogP contribution < -0.4 is 15.4 Å². The Morgan fingerprint density at radius 2 is 1.72 bits per heavy atom. The third kappa shape index (κ3) is 5.90. The molecule has 0 aliphatic carbocycles. The molecule has 2 N–H and O–H groups in total. The van der Waals surface area contributed by atoms with Crippen molar-refractivity contribution in [1.82, 2.24) is 10.1 Å². The topological polar surface area (TPSA) is 106 Å². The minimum atomic E-state index is -0.486. The Hall–Kier alpha value is -3.68. The fraction of sp³-hybridized carbons (Fsp3) is 0.238. The molecule has 8 heteroatoms. The quantitative estimate of drug-likeness (QED) is 0.609. The predicted octanol–water partition coefficient (Wildman–Crippen LogP) is 4.13. The second-order valence-electron chi connectivity index (χ2n) is 7.41. The number of benzene rings is 1. The Bertz CT molecular complexity index is 993. The van der Waals surface area contributed by atoms with Crippen LogP contribution in [0.25, 0.3) is 0 Å². The molecule has 2 amide bonds. The van der Waals surface area contributed by atoms with E-state index in [4.69, 9.17) is 9.26 Å². The predicted molar refractivity (Wildman–Crippen MR) is 108 cm³/mol. The number of ether oxygens (including phenoxy) is 1. The number of amides is 2. The number of carbonyl (C=O) groups is 2. The van der Waals surface area contributed by atoms with E-state index in [0.29, 0.717) is 22.9 Å². The lowest BCUT2D eigenvalue weighted by Crippen LogP contribution is -2.21. The third-order valence-corrected chi connectivity index (χ3v) is 3.84. The Morgan fingerprint density at radius 1 is 1.00 bits per heavy atom. The lowest BCUT2D eigenvalue weighted by Gasteiger charge is -2.12. The van der Waals surface area contributed by atoms with Crippen molar-refractivity contribution in [1.29, 1.82) is 0 Å². The molecule has 0 aliphatic rings. The largest absolute Gasteiger partial charge is 0.457 e. The van der Waals surface area contributed by atoms with Crippen molar-refractivity contribution in [2.45, 2.75) is 32.6 Å². The van der Waals surface area contributed by atoms with Crippen LogP contribution in [0.2, 0.25) is 0 Å². The molecule has 0 saturated carbocycles. The summed E-state index contributed by atoms with van der Waals surface area (Å²) in [6.07, 6.45) is 2.89. The number of nitrogens with zero attached hydrogens (tertiary/aromatic N) is 2. The van der Waals surface area contributed by atoms with Gasteiger partial charge in [-0.15, -0.1) is 0 Å². The van der Waals surface area contributed by atoms with Crippen molar-refractivity contribution in [3.8, 4) is 11.5 Å². The van der Waals surface area contributed by atoms with Crippen LogP contribution in [0.3, 0.4) is 0 Å². The fourth-order valence-electron chi connectivity index (χ4n) is 2.41. The number of hydrogen-bond donors (Lipinski definition) is 2. The zero-order valence-electron chi connectivity index (χ0n) is 16.4. The van der Waals surface area contributed by atoms with E-state index in [1.807, 2.05) is 20.8 Å². The number of nitrogens with one attached hydrogen (secondary N) is 2. The van der Waals surface area contributed by atoms with Gasteiger partial charge in [0.05, 0.1) is 0 Å². The van der Waals surface area contributed by atoms with E-state index in [-0.39, 0.29) is 17.7 Å². The van der Waals surface area contributed by atoms with Crippen molar-refractivity contribution in [3.63, 3.8) is 0 Å². The molecule has 0 aliphatic heterocycles. The van der Waals surface area contributed by atoms with Gasteiger partial charge < -0.3 is 19.9 Å². The number of rotatable bonds is 6. The van der Waals surface area contributed by atoms with Crippen molar-refractivity contribution in [2.24, 2.45) is 0 Å². The molecule has 2 heterocycles. The van der Waals surface area contributed by atoms with Crippen LogP contribution in [0.15, 0.2) is 59.4 Å². The van der Waals surface area contributed by atoms with Gasteiger partial charge in [-0.1, -0.05) is 32.0 Å². The summed E-state index contributed by atoms with van der Waals surface area (Å²) >= 11 is 0. The van der Waals surface area contributed by atoms with Crippen LogP contribution in [-0.2, 0) is 15.0 Å². The van der Waals surface area contributed by atoms with E-state index in [9.17, 15) is 9.59 Å². The van der Waals surface area contributed by atoms with E-state index < -0.39 is 11.8 Å². The van der Waals surface area contributed by atoms with Crippen molar-refractivity contribution >= 4 is 23.3 Å². The standard InChI is InChI=1S/C21H22N4O4/c1-21(2,3)17-12-18(25-29-17)24-20(27)13-19(26)23-14-5-4-6-16(11-14)28-15-7-9-22-10-8-15/h4-12H,13H2,1-3H3,(H,23,26)(H,24,25,27). The molecule has 8 nitrogen and oxygen atoms in total. The summed E-state index contributed by atoms with van der Waals surface area (Å²) < 4.78 is 10.9. The molecule has 3 aromatic rings. The van der Waals surface area contributed by atoms with Crippen molar-refractivity contribution in [2.75, 3.05) is 10.6 Å². The zero-order chi connectivity index (χ0) is 20.9. The van der Waals surface area contributed by atoms with Crippen molar-refractivity contribution in [3.05, 3.63) is 60.6 Å². The number of hydrogen-bond acceptors (Lipinski definition) is 6. The second-order valence-corrected chi connectivity index (χ2v) is 7.41. The van der Waals surface area contributed by atoms with Gasteiger partial charge in [0, 0.05) is 35.6 Å². The van der Waals surface area contributed by atoms with Crippen LogP contribution in [-0.4, -0.2) is 22.0 Å². The first-order valence-corrected chi connectivity index (χ1v) is 9.04. The molecule has 0 saturated heterocycles. The highest BCUT2D eigenvalue weighted by atomic mass is 16.5. The lowest BCUT2D eigenvalue weighted by atomic mass is 9.93. The maximum atomic E-state index is 12.2. The average Bonchev–Trinajstić information content (AvgIpc) is 3.11.